The molecule has 0 aliphatic heterocycles. The largest absolute Gasteiger partial charge is 0.504 e. The van der Waals surface area contributed by atoms with E-state index >= 15 is 0 Å². The van der Waals surface area contributed by atoms with E-state index in [1.54, 1.807) is 18.4 Å². The molecule has 2 N–H and O–H groups in total. The second-order valence-corrected chi connectivity index (χ2v) is 4.56. The first-order valence-electron chi connectivity index (χ1n) is 5.99. The van der Waals surface area contributed by atoms with Crippen LogP contribution >= 0.6 is 11.6 Å². The number of hydrogen-bond donors (Lipinski definition) is 2. The number of hydrogen-bond acceptors (Lipinski definition) is 4. The third-order valence-electron chi connectivity index (χ3n) is 2.78. The van der Waals surface area contributed by atoms with Crippen molar-refractivity contribution in [2.45, 2.75) is 13.0 Å². The van der Waals surface area contributed by atoms with Gasteiger partial charge in [0.1, 0.15) is 5.76 Å². The third-order valence-corrected chi connectivity index (χ3v) is 3.00. The van der Waals surface area contributed by atoms with E-state index in [1.807, 2.05) is 12.1 Å². The molecule has 0 unspecified atom stereocenters. The number of halogens is 1. The lowest BCUT2D eigenvalue weighted by Gasteiger charge is -2.10. The summed E-state index contributed by atoms with van der Waals surface area (Å²) in [5.41, 5.74) is 0.712. The molecule has 0 spiro atoms. The predicted molar refractivity (Wildman–Crippen MR) is 73.8 cm³/mol. The molecule has 5 heteroatoms. The van der Waals surface area contributed by atoms with E-state index < -0.39 is 0 Å². The lowest BCUT2D eigenvalue weighted by atomic mass is 10.2. The Morgan fingerprint density at radius 1 is 1.42 bits per heavy atom. The molecule has 0 fully saturated rings. The van der Waals surface area contributed by atoms with Crippen LogP contribution in [0.2, 0.25) is 5.02 Å². The summed E-state index contributed by atoms with van der Waals surface area (Å²) in [6.45, 7) is 1.27. The van der Waals surface area contributed by atoms with Crippen LogP contribution in [-0.4, -0.2) is 18.8 Å². The van der Waals surface area contributed by atoms with Crippen molar-refractivity contribution in [3.63, 3.8) is 0 Å². The van der Waals surface area contributed by atoms with Crippen molar-refractivity contribution in [2.24, 2.45) is 0 Å². The molecule has 0 aliphatic carbocycles. The Morgan fingerprint density at radius 3 is 2.95 bits per heavy atom. The average Bonchev–Trinajstić information content (AvgIpc) is 2.91. The fourth-order valence-corrected chi connectivity index (χ4v) is 2.04. The SMILES string of the molecule is COc1cc(Cl)cc(CNCCc2ccco2)c1O. The number of aromatic hydroxyl groups is 1. The summed E-state index contributed by atoms with van der Waals surface area (Å²) < 4.78 is 10.3. The number of methoxy groups -OCH3 is 1. The highest BCUT2D eigenvalue weighted by Crippen LogP contribution is 2.33. The summed E-state index contributed by atoms with van der Waals surface area (Å²) in [6.07, 6.45) is 2.45. The normalized spacial score (nSPS) is 10.6. The molecule has 0 amide bonds. The van der Waals surface area contributed by atoms with Crippen LogP contribution in [0.3, 0.4) is 0 Å². The van der Waals surface area contributed by atoms with E-state index in [0.717, 1.165) is 18.7 Å². The Hall–Kier alpha value is -1.65. The Kier molecular flexibility index (Phi) is 4.71. The molecule has 0 saturated heterocycles. The van der Waals surface area contributed by atoms with E-state index in [4.69, 9.17) is 20.8 Å². The molecule has 19 heavy (non-hydrogen) atoms. The lowest BCUT2D eigenvalue weighted by molar-refractivity contribution is 0.369. The second-order valence-electron chi connectivity index (χ2n) is 4.12. The molecule has 1 aromatic heterocycles. The van der Waals surface area contributed by atoms with Crippen LogP contribution in [0.4, 0.5) is 0 Å². The third kappa shape index (κ3) is 3.66. The molecular weight excluding hydrogens is 266 g/mol. The smallest absolute Gasteiger partial charge is 0.162 e. The average molecular weight is 282 g/mol. The minimum Gasteiger partial charge on any atom is -0.504 e. The number of nitrogens with one attached hydrogen (secondary N) is 1. The molecule has 0 radical (unpaired) electrons. The first-order chi connectivity index (χ1) is 9.20. The van der Waals surface area contributed by atoms with Gasteiger partial charge in [0, 0.05) is 36.2 Å². The van der Waals surface area contributed by atoms with Gasteiger partial charge in [-0.2, -0.15) is 0 Å². The zero-order valence-corrected chi connectivity index (χ0v) is 11.4. The van der Waals surface area contributed by atoms with E-state index in [-0.39, 0.29) is 5.75 Å². The Balaban J connectivity index is 1.90. The van der Waals surface area contributed by atoms with Crippen LogP contribution in [-0.2, 0) is 13.0 Å². The van der Waals surface area contributed by atoms with E-state index in [0.29, 0.717) is 22.9 Å². The molecule has 102 valence electrons. The van der Waals surface area contributed by atoms with Crippen molar-refractivity contribution in [2.75, 3.05) is 13.7 Å². The summed E-state index contributed by atoms with van der Waals surface area (Å²) >= 11 is 5.96. The van der Waals surface area contributed by atoms with Gasteiger partial charge in [0.2, 0.25) is 0 Å². The van der Waals surface area contributed by atoms with Crippen LogP contribution in [0, 0.1) is 0 Å². The van der Waals surface area contributed by atoms with Crippen molar-refractivity contribution < 1.29 is 14.3 Å². The molecular formula is C14H16ClNO3. The van der Waals surface area contributed by atoms with Gasteiger partial charge in [-0.3, -0.25) is 0 Å². The Bertz CT molecular complexity index is 526. The quantitative estimate of drug-likeness (QED) is 0.799. The highest BCUT2D eigenvalue weighted by molar-refractivity contribution is 6.30. The van der Waals surface area contributed by atoms with Crippen LogP contribution in [0.5, 0.6) is 11.5 Å². The van der Waals surface area contributed by atoms with E-state index in [1.165, 1.54) is 7.11 Å². The van der Waals surface area contributed by atoms with Gasteiger partial charge in [0.25, 0.3) is 0 Å². The topological polar surface area (TPSA) is 54.6 Å². The maximum absolute atomic E-state index is 9.95. The Labute approximate surface area is 117 Å². The van der Waals surface area contributed by atoms with Crippen molar-refractivity contribution in [3.05, 3.63) is 46.9 Å². The minimum absolute atomic E-state index is 0.123. The number of benzene rings is 1. The maximum Gasteiger partial charge on any atom is 0.162 e. The maximum atomic E-state index is 9.95. The zero-order chi connectivity index (χ0) is 13.7. The lowest BCUT2D eigenvalue weighted by Crippen LogP contribution is -2.16. The predicted octanol–water partition coefficient (Wildman–Crippen LogP) is 2.98. The minimum atomic E-state index is 0.123. The highest BCUT2D eigenvalue weighted by Gasteiger charge is 2.09. The standard InChI is InChI=1S/C14H16ClNO3/c1-18-13-8-11(15)7-10(14(13)17)9-16-5-4-12-3-2-6-19-12/h2-3,6-8,16-17H,4-5,9H2,1H3. The number of rotatable bonds is 6. The fourth-order valence-electron chi connectivity index (χ4n) is 1.81. The molecule has 0 aliphatic rings. The summed E-state index contributed by atoms with van der Waals surface area (Å²) in [7, 11) is 1.50. The van der Waals surface area contributed by atoms with Gasteiger partial charge in [0.15, 0.2) is 11.5 Å². The van der Waals surface area contributed by atoms with Gasteiger partial charge in [0.05, 0.1) is 13.4 Å². The Morgan fingerprint density at radius 2 is 2.26 bits per heavy atom. The molecule has 1 aromatic carbocycles. The molecule has 0 saturated carbocycles. The molecule has 1 heterocycles. The highest BCUT2D eigenvalue weighted by atomic mass is 35.5. The van der Waals surface area contributed by atoms with Crippen molar-refractivity contribution in [1.29, 1.82) is 0 Å². The number of ether oxygens (including phenoxy) is 1. The fraction of sp³-hybridized carbons (Fsp3) is 0.286. The van der Waals surface area contributed by atoms with E-state index in [2.05, 4.69) is 5.32 Å². The number of phenolic OH excluding ortho intramolecular Hbond substituents is 1. The summed E-state index contributed by atoms with van der Waals surface area (Å²) in [5.74, 6) is 1.44. The van der Waals surface area contributed by atoms with E-state index in [9.17, 15) is 5.11 Å². The molecule has 4 nitrogen and oxygen atoms in total. The monoisotopic (exact) mass is 281 g/mol. The zero-order valence-electron chi connectivity index (χ0n) is 10.6. The second kappa shape index (κ2) is 6.50. The molecule has 0 atom stereocenters. The van der Waals surface area contributed by atoms with Crippen LogP contribution in [0.1, 0.15) is 11.3 Å². The van der Waals surface area contributed by atoms with Crippen molar-refractivity contribution in [3.8, 4) is 11.5 Å². The first-order valence-corrected chi connectivity index (χ1v) is 6.37. The molecule has 2 rings (SSSR count). The first kappa shape index (κ1) is 13.8. The summed E-state index contributed by atoms with van der Waals surface area (Å²) in [4.78, 5) is 0. The molecule has 2 aromatic rings. The number of phenols is 1. The van der Waals surface area contributed by atoms with Crippen LogP contribution in [0.25, 0.3) is 0 Å². The van der Waals surface area contributed by atoms with Gasteiger partial charge in [-0.1, -0.05) is 11.6 Å². The van der Waals surface area contributed by atoms with Crippen LogP contribution < -0.4 is 10.1 Å². The van der Waals surface area contributed by atoms with Gasteiger partial charge in [-0.05, 0) is 18.2 Å². The van der Waals surface area contributed by atoms with Crippen molar-refractivity contribution in [1.82, 2.24) is 5.32 Å². The summed E-state index contributed by atoms with van der Waals surface area (Å²) in [5, 5.41) is 13.7. The van der Waals surface area contributed by atoms with Gasteiger partial charge >= 0.3 is 0 Å². The van der Waals surface area contributed by atoms with Gasteiger partial charge < -0.3 is 19.6 Å². The number of furan rings is 1. The molecule has 0 bridgehead atoms. The summed E-state index contributed by atoms with van der Waals surface area (Å²) in [6, 6.07) is 7.10. The van der Waals surface area contributed by atoms with Gasteiger partial charge in [-0.15, -0.1) is 0 Å². The van der Waals surface area contributed by atoms with Gasteiger partial charge in [-0.25, -0.2) is 0 Å². The van der Waals surface area contributed by atoms with Crippen LogP contribution in [0.15, 0.2) is 34.9 Å². The van der Waals surface area contributed by atoms with Crippen molar-refractivity contribution >= 4 is 11.6 Å².